The lowest BCUT2D eigenvalue weighted by Gasteiger charge is -2.30. The van der Waals surface area contributed by atoms with Gasteiger partial charge in [-0.25, -0.2) is 4.79 Å². The third kappa shape index (κ3) is 4.93. The standard InChI is InChI=1S/C28H28N4O4/c1-3-35-24-6-4-5-20-17-22(28(34)36-26(20)24)27(33)29-21-9-7-19(8-10-21)23-11-12-25(31-30-23)32-15-13-18(2)14-16-32/h4-12,17-18H,3,13-16H2,1-2H3,(H,29,33). The van der Waals surface area contributed by atoms with Crippen LogP contribution in [0, 0.1) is 5.92 Å². The Hall–Kier alpha value is -4.20. The largest absolute Gasteiger partial charge is 0.490 e. The molecular weight excluding hydrogens is 456 g/mol. The number of aromatic nitrogens is 2. The van der Waals surface area contributed by atoms with Crippen molar-refractivity contribution < 1.29 is 13.9 Å². The number of amides is 1. The Morgan fingerprint density at radius 3 is 2.56 bits per heavy atom. The van der Waals surface area contributed by atoms with Gasteiger partial charge in [0.1, 0.15) is 5.56 Å². The first kappa shape index (κ1) is 23.5. The number of nitrogens with one attached hydrogen (secondary N) is 1. The number of rotatable bonds is 6. The maximum absolute atomic E-state index is 12.8. The average Bonchev–Trinajstić information content (AvgIpc) is 2.90. The number of para-hydroxylation sites is 1. The van der Waals surface area contributed by atoms with Crippen molar-refractivity contribution in [3.05, 3.63) is 76.6 Å². The van der Waals surface area contributed by atoms with E-state index in [1.807, 2.05) is 31.2 Å². The molecule has 4 aromatic rings. The topological polar surface area (TPSA) is 97.6 Å². The van der Waals surface area contributed by atoms with E-state index in [1.165, 1.54) is 18.9 Å². The first-order chi connectivity index (χ1) is 17.5. The number of fused-ring (bicyclic) bond motifs is 1. The highest BCUT2D eigenvalue weighted by atomic mass is 16.5. The Labute approximate surface area is 208 Å². The summed E-state index contributed by atoms with van der Waals surface area (Å²) in [5, 5.41) is 12.2. The van der Waals surface area contributed by atoms with Gasteiger partial charge in [-0.1, -0.05) is 31.2 Å². The number of benzene rings is 2. The van der Waals surface area contributed by atoms with Gasteiger partial charge in [-0.05, 0) is 62.1 Å². The van der Waals surface area contributed by atoms with Gasteiger partial charge in [0.2, 0.25) is 0 Å². The predicted molar refractivity (Wildman–Crippen MR) is 140 cm³/mol. The molecule has 36 heavy (non-hydrogen) atoms. The zero-order chi connectivity index (χ0) is 25.1. The second-order valence-electron chi connectivity index (χ2n) is 9.03. The van der Waals surface area contributed by atoms with Crippen LogP contribution in [-0.4, -0.2) is 35.8 Å². The lowest BCUT2D eigenvalue weighted by molar-refractivity contribution is 0.102. The molecule has 1 aliphatic heterocycles. The van der Waals surface area contributed by atoms with Crippen molar-refractivity contribution in [2.75, 3.05) is 29.9 Å². The molecule has 1 saturated heterocycles. The van der Waals surface area contributed by atoms with Crippen molar-refractivity contribution in [2.45, 2.75) is 26.7 Å². The molecule has 0 saturated carbocycles. The minimum atomic E-state index is -0.720. The van der Waals surface area contributed by atoms with Crippen LogP contribution in [0.15, 0.2) is 69.9 Å². The molecule has 1 fully saturated rings. The van der Waals surface area contributed by atoms with Crippen molar-refractivity contribution in [1.82, 2.24) is 10.2 Å². The maximum Gasteiger partial charge on any atom is 0.349 e. The molecule has 8 heteroatoms. The summed E-state index contributed by atoms with van der Waals surface area (Å²) in [6.07, 6.45) is 2.35. The summed E-state index contributed by atoms with van der Waals surface area (Å²) in [4.78, 5) is 27.6. The van der Waals surface area contributed by atoms with Gasteiger partial charge >= 0.3 is 5.63 Å². The molecule has 2 aromatic heterocycles. The van der Waals surface area contributed by atoms with E-state index in [0.29, 0.717) is 29.0 Å². The fourth-order valence-corrected chi connectivity index (χ4v) is 4.35. The van der Waals surface area contributed by atoms with Gasteiger partial charge in [0, 0.05) is 29.7 Å². The first-order valence-electron chi connectivity index (χ1n) is 12.2. The molecule has 1 aliphatic rings. The maximum atomic E-state index is 12.8. The van der Waals surface area contributed by atoms with Crippen LogP contribution in [0.5, 0.6) is 5.75 Å². The summed E-state index contributed by atoms with van der Waals surface area (Å²) in [6, 6.07) is 18.0. The minimum absolute atomic E-state index is 0.0752. The van der Waals surface area contributed by atoms with Gasteiger partial charge in [-0.2, -0.15) is 0 Å². The molecule has 0 unspecified atom stereocenters. The molecule has 0 bridgehead atoms. The number of carbonyl (C=O) groups excluding carboxylic acids is 1. The van der Waals surface area contributed by atoms with Gasteiger partial charge in [-0.15, -0.1) is 10.2 Å². The van der Waals surface area contributed by atoms with E-state index in [-0.39, 0.29) is 5.56 Å². The van der Waals surface area contributed by atoms with Gasteiger partial charge in [0.25, 0.3) is 5.91 Å². The van der Waals surface area contributed by atoms with Crippen LogP contribution in [-0.2, 0) is 0 Å². The van der Waals surface area contributed by atoms with Crippen LogP contribution < -0.4 is 20.6 Å². The fraction of sp³-hybridized carbons (Fsp3) is 0.286. The van der Waals surface area contributed by atoms with Gasteiger partial charge in [0.05, 0.1) is 12.3 Å². The monoisotopic (exact) mass is 484 g/mol. The lowest BCUT2D eigenvalue weighted by Crippen LogP contribution is -2.33. The zero-order valence-electron chi connectivity index (χ0n) is 20.4. The predicted octanol–water partition coefficient (Wildman–Crippen LogP) is 5.14. The third-order valence-electron chi connectivity index (χ3n) is 6.46. The van der Waals surface area contributed by atoms with Crippen LogP contribution in [0.2, 0.25) is 0 Å². The molecule has 2 aromatic carbocycles. The van der Waals surface area contributed by atoms with Gasteiger partial charge in [-0.3, -0.25) is 4.79 Å². The molecule has 1 N–H and O–H groups in total. The van der Waals surface area contributed by atoms with E-state index in [0.717, 1.165) is 36.1 Å². The molecule has 0 aliphatic carbocycles. The van der Waals surface area contributed by atoms with Crippen molar-refractivity contribution in [2.24, 2.45) is 5.92 Å². The van der Waals surface area contributed by atoms with Crippen molar-refractivity contribution in [1.29, 1.82) is 0 Å². The van der Waals surface area contributed by atoms with E-state index in [1.54, 1.807) is 30.3 Å². The van der Waals surface area contributed by atoms with Crippen LogP contribution >= 0.6 is 0 Å². The highest BCUT2D eigenvalue weighted by Crippen LogP contribution is 2.26. The molecule has 8 nitrogen and oxygen atoms in total. The Morgan fingerprint density at radius 1 is 1.08 bits per heavy atom. The lowest BCUT2D eigenvalue weighted by atomic mass is 9.99. The highest BCUT2D eigenvalue weighted by molar-refractivity contribution is 6.05. The van der Waals surface area contributed by atoms with Crippen LogP contribution in [0.1, 0.15) is 37.0 Å². The highest BCUT2D eigenvalue weighted by Gasteiger charge is 2.18. The summed E-state index contributed by atoms with van der Waals surface area (Å²) in [5.41, 5.74) is 1.72. The average molecular weight is 485 g/mol. The molecule has 0 spiro atoms. The molecule has 5 rings (SSSR count). The van der Waals surface area contributed by atoms with E-state index < -0.39 is 11.5 Å². The molecule has 3 heterocycles. The summed E-state index contributed by atoms with van der Waals surface area (Å²) < 4.78 is 10.9. The second-order valence-corrected chi connectivity index (χ2v) is 9.03. The zero-order valence-corrected chi connectivity index (χ0v) is 20.4. The summed E-state index contributed by atoms with van der Waals surface area (Å²) >= 11 is 0. The second kappa shape index (κ2) is 10.2. The van der Waals surface area contributed by atoms with Crippen LogP contribution in [0.4, 0.5) is 11.5 Å². The summed E-state index contributed by atoms with van der Waals surface area (Å²) in [7, 11) is 0. The first-order valence-corrected chi connectivity index (χ1v) is 12.2. The van der Waals surface area contributed by atoms with Crippen LogP contribution in [0.25, 0.3) is 22.2 Å². The molecule has 1 amide bonds. The fourth-order valence-electron chi connectivity index (χ4n) is 4.35. The normalized spacial score (nSPS) is 14.1. The Kier molecular flexibility index (Phi) is 6.66. The molecule has 0 atom stereocenters. The van der Waals surface area contributed by atoms with Crippen molar-refractivity contribution in [3.63, 3.8) is 0 Å². The summed E-state index contributed by atoms with van der Waals surface area (Å²) in [6.45, 7) is 6.59. The molecule has 0 radical (unpaired) electrons. The van der Waals surface area contributed by atoms with Gasteiger partial charge < -0.3 is 19.4 Å². The van der Waals surface area contributed by atoms with E-state index >= 15 is 0 Å². The number of anilines is 2. The smallest absolute Gasteiger partial charge is 0.349 e. The number of carbonyl (C=O) groups is 1. The number of nitrogens with zero attached hydrogens (tertiary/aromatic N) is 3. The van der Waals surface area contributed by atoms with E-state index in [9.17, 15) is 9.59 Å². The number of piperidine rings is 1. The number of ether oxygens (including phenoxy) is 1. The number of hydrogen-bond donors (Lipinski definition) is 1. The van der Waals surface area contributed by atoms with Crippen molar-refractivity contribution in [3.8, 4) is 17.0 Å². The SMILES string of the molecule is CCOc1cccc2cc(C(=O)Nc3ccc(-c4ccc(N5CCC(C)CC5)nn4)cc3)c(=O)oc12. The Balaban J connectivity index is 1.29. The minimum Gasteiger partial charge on any atom is -0.490 e. The quantitative estimate of drug-likeness (QED) is 0.379. The van der Waals surface area contributed by atoms with Crippen LogP contribution in [0.3, 0.4) is 0 Å². The molecular formula is C28H28N4O4. The van der Waals surface area contributed by atoms with Crippen molar-refractivity contribution >= 4 is 28.4 Å². The molecule has 184 valence electrons. The van der Waals surface area contributed by atoms with Gasteiger partial charge in [0.15, 0.2) is 17.2 Å². The van der Waals surface area contributed by atoms with E-state index in [2.05, 4.69) is 27.3 Å². The third-order valence-corrected chi connectivity index (χ3v) is 6.46. The number of hydrogen-bond acceptors (Lipinski definition) is 7. The Morgan fingerprint density at radius 2 is 1.86 bits per heavy atom. The summed E-state index contributed by atoms with van der Waals surface area (Å²) in [5.74, 6) is 1.59. The van der Waals surface area contributed by atoms with E-state index in [4.69, 9.17) is 9.15 Å². The Bertz CT molecular complexity index is 1420.